The third-order valence-electron chi connectivity index (χ3n) is 3.28. The Balaban J connectivity index is 2.37. The molecule has 4 nitrogen and oxygen atoms in total. The van der Waals surface area contributed by atoms with Gasteiger partial charge in [-0.15, -0.1) is 0 Å². The lowest BCUT2D eigenvalue weighted by Gasteiger charge is -2.20. The van der Waals surface area contributed by atoms with E-state index < -0.39 is 11.7 Å². The molecule has 0 saturated carbocycles. The van der Waals surface area contributed by atoms with Crippen LogP contribution in [0, 0.1) is 0 Å². The summed E-state index contributed by atoms with van der Waals surface area (Å²) in [5, 5.41) is 10.1. The van der Waals surface area contributed by atoms with Crippen molar-refractivity contribution in [3.63, 3.8) is 0 Å². The second-order valence-electron chi connectivity index (χ2n) is 7.03. The van der Waals surface area contributed by atoms with Gasteiger partial charge in [0.1, 0.15) is 11.7 Å². The van der Waals surface area contributed by atoms with Gasteiger partial charge in [0.05, 0.1) is 18.1 Å². The Kier molecular flexibility index (Phi) is 5.39. The molecule has 1 N–H and O–H groups in total. The monoisotopic (exact) mass is 284 g/mol. The smallest absolute Gasteiger partial charge is 0.309 e. The van der Waals surface area contributed by atoms with Crippen molar-refractivity contribution in [3.05, 3.63) is 11.6 Å². The Bertz CT molecular complexity index is 376. The minimum atomic E-state index is -0.790. The molecule has 1 fully saturated rings. The highest BCUT2D eigenvalue weighted by Gasteiger charge is 2.55. The van der Waals surface area contributed by atoms with E-state index in [4.69, 9.17) is 9.47 Å². The number of hydrogen-bond acceptors (Lipinski definition) is 4. The number of epoxide rings is 1. The minimum Gasteiger partial charge on any atom is -0.460 e. The Morgan fingerprint density at radius 3 is 2.55 bits per heavy atom. The van der Waals surface area contributed by atoms with Crippen LogP contribution in [0.5, 0.6) is 0 Å². The normalized spacial score (nSPS) is 26.9. The van der Waals surface area contributed by atoms with Crippen LogP contribution in [0.25, 0.3) is 0 Å². The number of aliphatic hydroxyl groups is 1. The summed E-state index contributed by atoms with van der Waals surface area (Å²) in [5.74, 6) is -0.382. The fourth-order valence-corrected chi connectivity index (χ4v) is 2.25. The zero-order chi connectivity index (χ0) is 15.6. The van der Waals surface area contributed by atoms with Gasteiger partial charge in [-0.05, 0) is 54.4 Å². The first-order valence-corrected chi connectivity index (χ1v) is 7.24. The van der Waals surface area contributed by atoms with Crippen molar-refractivity contribution in [2.75, 3.05) is 0 Å². The summed E-state index contributed by atoms with van der Waals surface area (Å²) in [6.07, 6.45) is 2.87. The highest BCUT2D eigenvalue weighted by molar-refractivity contribution is 5.70. The van der Waals surface area contributed by atoms with Gasteiger partial charge in [-0.1, -0.05) is 11.6 Å². The first-order valence-electron chi connectivity index (χ1n) is 7.24. The Hall–Kier alpha value is -0.870. The SMILES string of the molecule is CC(C)=CCC[C@]1(C)O[C@H]1[C@@H](O)CC(=O)OC(C)(C)C. The molecule has 1 rings (SSSR count). The predicted molar refractivity (Wildman–Crippen MR) is 78.4 cm³/mol. The summed E-state index contributed by atoms with van der Waals surface area (Å²) in [6, 6.07) is 0. The molecule has 0 radical (unpaired) electrons. The van der Waals surface area contributed by atoms with Crippen LogP contribution in [0.4, 0.5) is 0 Å². The first-order chi connectivity index (χ1) is 9.03. The Morgan fingerprint density at radius 1 is 1.45 bits per heavy atom. The lowest BCUT2D eigenvalue weighted by Crippen LogP contribution is -2.30. The molecule has 1 aliphatic rings. The molecule has 0 spiro atoms. The van der Waals surface area contributed by atoms with E-state index in [-0.39, 0.29) is 24.1 Å². The molecule has 0 aromatic heterocycles. The molecule has 1 saturated heterocycles. The fourth-order valence-electron chi connectivity index (χ4n) is 2.25. The summed E-state index contributed by atoms with van der Waals surface area (Å²) in [6.45, 7) is 11.5. The molecule has 0 amide bonds. The lowest BCUT2D eigenvalue weighted by molar-refractivity contribution is -0.157. The molecule has 116 valence electrons. The highest BCUT2D eigenvalue weighted by atomic mass is 16.6. The van der Waals surface area contributed by atoms with E-state index in [1.54, 1.807) is 0 Å². The molecule has 0 aliphatic carbocycles. The summed E-state index contributed by atoms with van der Waals surface area (Å²) >= 11 is 0. The van der Waals surface area contributed by atoms with Crippen LogP contribution in [0.3, 0.4) is 0 Å². The number of allylic oxidation sites excluding steroid dienone is 2. The number of esters is 1. The van der Waals surface area contributed by atoms with Gasteiger partial charge < -0.3 is 14.6 Å². The maximum Gasteiger partial charge on any atom is 0.309 e. The second kappa shape index (κ2) is 6.27. The third kappa shape index (κ3) is 5.63. The molecule has 1 aliphatic heterocycles. The van der Waals surface area contributed by atoms with Crippen molar-refractivity contribution in [3.8, 4) is 0 Å². The standard InChI is InChI=1S/C16H28O4/c1-11(2)8-7-9-16(6)14(20-16)12(17)10-13(18)19-15(3,4)5/h8,12,14,17H,7,9-10H2,1-6H3/t12-,14-,16-/m0/s1. The average Bonchev–Trinajstić information content (AvgIpc) is 2.87. The lowest BCUT2D eigenvalue weighted by atomic mass is 9.96. The van der Waals surface area contributed by atoms with E-state index in [2.05, 4.69) is 19.9 Å². The molecule has 4 heteroatoms. The van der Waals surface area contributed by atoms with Crippen molar-refractivity contribution < 1.29 is 19.4 Å². The van der Waals surface area contributed by atoms with Gasteiger partial charge in [0.2, 0.25) is 0 Å². The number of ether oxygens (including phenoxy) is 2. The fraction of sp³-hybridized carbons (Fsp3) is 0.812. The van der Waals surface area contributed by atoms with E-state index >= 15 is 0 Å². The van der Waals surface area contributed by atoms with Crippen LogP contribution in [0.15, 0.2) is 11.6 Å². The van der Waals surface area contributed by atoms with Crippen molar-refractivity contribution in [1.29, 1.82) is 0 Å². The quantitative estimate of drug-likeness (QED) is 0.463. The van der Waals surface area contributed by atoms with Gasteiger partial charge in [0.25, 0.3) is 0 Å². The summed E-state index contributed by atoms with van der Waals surface area (Å²) in [5.41, 5.74) is 0.446. The molecule has 0 aromatic carbocycles. The number of aliphatic hydroxyl groups excluding tert-OH is 1. The number of hydrogen-bond donors (Lipinski definition) is 1. The van der Waals surface area contributed by atoms with Gasteiger partial charge in [-0.3, -0.25) is 4.79 Å². The molecule has 1 heterocycles. The van der Waals surface area contributed by atoms with Gasteiger partial charge in [-0.25, -0.2) is 0 Å². The number of carbonyl (C=O) groups excluding carboxylic acids is 1. The van der Waals surface area contributed by atoms with E-state index in [1.165, 1.54) is 5.57 Å². The summed E-state index contributed by atoms with van der Waals surface area (Å²) in [4.78, 5) is 11.7. The largest absolute Gasteiger partial charge is 0.460 e. The van der Waals surface area contributed by atoms with Crippen LogP contribution >= 0.6 is 0 Å². The number of carbonyl (C=O) groups is 1. The molecular formula is C16H28O4. The zero-order valence-corrected chi connectivity index (χ0v) is 13.5. The van der Waals surface area contributed by atoms with Crippen molar-refractivity contribution in [1.82, 2.24) is 0 Å². The van der Waals surface area contributed by atoms with Crippen LogP contribution in [0.2, 0.25) is 0 Å². The maximum absolute atomic E-state index is 11.7. The molecule has 0 bridgehead atoms. The minimum absolute atomic E-state index is 0.0137. The molecule has 3 atom stereocenters. The van der Waals surface area contributed by atoms with Crippen molar-refractivity contribution in [2.45, 2.75) is 84.2 Å². The second-order valence-corrected chi connectivity index (χ2v) is 7.03. The van der Waals surface area contributed by atoms with Crippen LogP contribution in [0.1, 0.15) is 60.8 Å². The van der Waals surface area contributed by atoms with Crippen molar-refractivity contribution >= 4 is 5.97 Å². The maximum atomic E-state index is 11.7. The van der Waals surface area contributed by atoms with E-state index in [9.17, 15) is 9.90 Å². The first kappa shape index (κ1) is 17.2. The van der Waals surface area contributed by atoms with Crippen LogP contribution < -0.4 is 0 Å². The average molecular weight is 284 g/mol. The predicted octanol–water partition coefficient (Wildman–Crippen LogP) is 2.98. The Labute approximate surface area is 122 Å². The van der Waals surface area contributed by atoms with E-state index in [0.29, 0.717) is 0 Å². The number of rotatable bonds is 6. The molecular weight excluding hydrogens is 256 g/mol. The van der Waals surface area contributed by atoms with E-state index in [0.717, 1.165) is 12.8 Å². The van der Waals surface area contributed by atoms with Crippen LogP contribution in [-0.4, -0.2) is 34.5 Å². The topological polar surface area (TPSA) is 59.1 Å². The highest BCUT2D eigenvalue weighted by Crippen LogP contribution is 2.43. The summed E-state index contributed by atoms with van der Waals surface area (Å²) in [7, 11) is 0. The zero-order valence-electron chi connectivity index (χ0n) is 13.5. The van der Waals surface area contributed by atoms with Gasteiger partial charge >= 0.3 is 5.97 Å². The molecule has 0 unspecified atom stereocenters. The Morgan fingerprint density at radius 2 is 2.05 bits per heavy atom. The summed E-state index contributed by atoms with van der Waals surface area (Å²) < 4.78 is 10.8. The molecule has 20 heavy (non-hydrogen) atoms. The van der Waals surface area contributed by atoms with Gasteiger partial charge in [0, 0.05) is 0 Å². The van der Waals surface area contributed by atoms with Crippen molar-refractivity contribution in [2.24, 2.45) is 0 Å². The van der Waals surface area contributed by atoms with E-state index in [1.807, 2.05) is 27.7 Å². The van der Waals surface area contributed by atoms with Gasteiger partial charge in [-0.2, -0.15) is 0 Å². The van der Waals surface area contributed by atoms with Gasteiger partial charge in [0.15, 0.2) is 0 Å². The molecule has 0 aromatic rings. The van der Waals surface area contributed by atoms with Crippen LogP contribution in [-0.2, 0) is 14.3 Å². The third-order valence-corrected chi connectivity index (χ3v) is 3.28.